The van der Waals surface area contributed by atoms with E-state index in [1.54, 1.807) is 6.08 Å². The highest BCUT2D eigenvalue weighted by Crippen LogP contribution is 2.10. The van der Waals surface area contributed by atoms with Gasteiger partial charge in [0.2, 0.25) is 0 Å². The van der Waals surface area contributed by atoms with E-state index in [1.165, 1.54) is 19.3 Å². The molecule has 21 heavy (non-hydrogen) atoms. The summed E-state index contributed by atoms with van der Waals surface area (Å²) in [6.07, 6.45) is 16.7. The first-order valence-electron chi connectivity index (χ1n) is 8.58. The molecule has 0 aromatic rings. The molecule has 0 aliphatic carbocycles. The fourth-order valence-corrected chi connectivity index (χ4v) is 2.27. The highest BCUT2D eigenvalue weighted by molar-refractivity contribution is 5.89. The second kappa shape index (κ2) is 15.3. The number of hydrogen-bond donors (Lipinski definition) is 1. The molecule has 0 saturated carbocycles. The first-order valence-corrected chi connectivity index (χ1v) is 8.58. The third-order valence-electron chi connectivity index (χ3n) is 3.59. The molecule has 0 heterocycles. The molecule has 0 aromatic heterocycles. The Balaban J connectivity index is 3.26. The first-order chi connectivity index (χ1) is 10.2. The number of aliphatic carboxylic acids is 1. The summed E-state index contributed by atoms with van der Waals surface area (Å²) in [5, 5.41) is 8.50. The van der Waals surface area contributed by atoms with Crippen molar-refractivity contribution in [2.24, 2.45) is 0 Å². The van der Waals surface area contributed by atoms with E-state index >= 15 is 0 Å². The maximum Gasteiger partial charge on any atom is 0.303 e. The molecular formula is C18H32O3. The van der Waals surface area contributed by atoms with E-state index in [9.17, 15) is 9.59 Å². The molecule has 0 bridgehead atoms. The molecule has 0 unspecified atom stereocenters. The van der Waals surface area contributed by atoms with E-state index in [0.717, 1.165) is 51.4 Å². The summed E-state index contributed by atoms with van der Waals surface area (Å²) >= 11 is 0. The van der Waals surface area contributed by atoms with E-state index in [0.29, 0.717) is 12.8 Å². The Morgan fingerprint density at radius 3 is 1.95 bits per heavy atom. The summed E-state index contributed by atoms with van der Waals surface area (Å²) in [5.41, 5.74) is 0. The average molecular weight is 296 g/mol. The van der Waals surface area contributed by atoms with Crippen molar-refractivity contribution in [3.8, 4) is 0 Å². The third kappa shape index (κ3) is 16.8. The number of allylic oxidation sites excluding steroid dienone is 2. The average Bonchev–Trinajstić information content (AvgIpc) is 2.45. The fourth-order valence-electron chi connectivity index (χ4n) is 2.27. The van der Waals surface area contributed by atoms with Crippen molar-refractivity contribution in [2.45, 2.75) is 90.4 Å². The van der Waals surface area contributed by atoms with Gasteiger partial charge in [0.25, 0.3) is 0 Å². The number of rotatable bonds is 15. The van der Waals surface area contributed by atoms with Crippen molar-refractivity contribution in [3.05, 3.63) is 12.2 Å². The van der Waals surface area contributed by atoms with Gasteiger partial charge in [-0.25, -0.2) is 0 Å². The van der Waals surface area contributed by atoms with Crippen molar-refractivity contribution < 1.29 is 14.7 Å². The van der Waals surface area contributed by atoms with Gasteiger partial charge in [-0.15, -0.1) is 0 Å². The number of carboxylic acids is 1. The Morgan fingerprint density at radius 2 is 1.38 bits per heavy atom. The van der Waals surface area contributed by atoms with Gasteiger partial charge < -0.3 is 5.11 Å². The summed E-state index contributed by atoms with van der Waals surface area (Å²) in [6.45, 7) is 2.18. The molecule has 0 radical (unpaired) electrons. The van der Waals surface area contributed by atoms with Gasteiger partial charge in [0, 0.05) is 12.8 Å². The molecule has 0 fully saturated rings. The monoisotopic (exact) mass is 296 g/mol. The number of carbonyl (C=O) groups excluding carboxylic acids is 1. The first kappa shape index (κ1) is 19.9. The lowest BCUT2D eigenvalue weighted by molar-refractivity contribution is -0.137. The summed E-state index contributed by atoms with van der Waals surface area (Å²) in [7, 11) is 0. The lowest BCUT2D eigenvalue weighted by Gasteiger charge is -2.00. The zero-order valence-electron chi connectivity index (χ0n) is 13.6. The van der Waals surface area contributed by atoms with Crippen LogP contribution in [-0.4, -0.2) is 16.9 Å². The van der Waals surface area contributed by atoms with Crippen molar-refractivity contribution in [2.75, 3.05) is 0 Å². The Hall–Kier alpha value is -1.12. The van der Waals surface area contributed by atoms with Crippen molar-refractivity contribution in [1.29, 1.82) is 0 Å². The van der Waals surface area contributed by atoms with Crippen LogP contribution in [0.2, 0.25) is 0 Å². The van der Waals surface area contributed by atoms with Crippen LogP contribution in [0.25, 0.3) is 0 Å². The number of ketones is 1. The topological polar surface area (TPSA) is 54.4 Å². The van der Waals surface area contributed by atoms with E-state index in [4.69, 9.17) is 5.11 Å². The maximum atomic E-state index is 11.6. The van der Waals surface area contributed by atoms with Crippen molar-refractivity contribution in [1.82, 2.24) is 0 Å². The van der Waals surface area contributed by atoms with Crippen molar-refractivity contribution >= 4 is 11.8 Å². The van der Waals surface area contributed by atoms with Gasteiger partial charge in [0.1, 0.15) is 0 Å². The minimum atomic E-state index is -0.698. The Morgan fingerprint density at radius 1 is 0.810 bits per heavy atom. The van der Waals surface area contributed by atoms with Crippen LogP contribution < -0.4 is 0 Å². The standard InChI is InChI=1S/C18H32O3/c1-2-3-4-8-11-14-17(19)15-12-9-6-5-7-10-13-16-18(20)21/h11,14H,2-10,12-13,15-16H2,1H3,(H,20,21). The summed E-state index contributed by atoms with van der Waals surface area (Å²) in [4.78, 5) is 21.9. The molecule has 0 atom stereocenters. The van der Waals surface area contributed by atoms with Crippen LogP contribution in [0.1, 0.15) is 90.4 Å². The number of carbonyl (C=O) groups is 2. The summed E-state index contributed by atoms with van der Waals surface area (Å²) < 4.78 is 0. The second-order valence-electron chi connectivity index (χ2n) is 5.73. The number of hydrogen-bond acceptors (Lipinski definition) is 2. The largest absolute Gasteiger partial charge is 0.481 e. The highest BCUT2D eigenvalue weighted by Gasteiger charge is 1.98. The van der Waals surface area contributed by atoms with E-state index in [-0.39, 0.29) is 5.78 Å². The van der Waals surface area contributed by atoms with Gasteiger partial charge in [0.05, 0.1) is 0 Å². The number of carboxylic acid groups (broad SMARTS) is 1. The van der Waals surface area contributed by atoms with Crippen LogP contribution in [-0.2, 0) is 9.59 Å². The van der Waals surface area contributed by atoms with Crippen LogP contribution in [0.4, 0.5) is 0 Å². The van der Waals surface area contributed by atoms with Gasteiger partial charge in [-0.05, 0) is 31.8 Å². The molecule has 1 N–H and O–H groups in total. The quantitative estimate of drug-likeness (QED) is 0.330. The molecule has 0 aliphatic heterocycles. The van der Waals surface area contributed by atoms with E-state index in [2.05, 4.69) is 6.92 Å². The lowest BCUT2D eigenvalue weighted by Crippen LogP contribution is -1.94. The zero-order valence-corrected chi connectivity index (χ0v) is 13.6. The molecule has 0 aliphatic rings. The van der Waals surface area contributed by atoms with Crippen LogP contribution in [0, 0.1) is 0 Å². The van der Waals surface area contributed by atoms with Crippen LogP contribution >= 0.6 is 0 Å². The second-order valence-corrected chi connectivity index (χ2v) is 5.73. The fraction of sp³-hybridized carbons (Fsp3) is 0.778. The van der Waals surface area contributed by atoms with Gasteiger partial charge in [-0.2, -0.15) is 0 Å². The predicted octanol–water partition coefficient (Wildman–Crippen LogP) is 5.29. The molecule has 3 heteroatoms. The normalized spacial score (nSPS) is 11.1. The molecule has 0 rings (SSSR count). The minimum Gasteiger partial charge on any atom is -0.481 e. The molecule has 0 spiro atoms. The van der Waals surface area contributed by atoms with Crippen LogP contribution in [0.5, 0.6) is 0 Å². The summed E-state index contributed by atoms with van der Waals surface area (Å²) in [5.74, 6) is -0.441. The van der Waals surface area contributed by atoms with Gasteiger partial charge >= 0.3 is 5.97 Å². The zero-order chi connectivity index (χ0) is 15.8. The molecule has 3 nitrogen and oxygen atoms in total. The van der Waals surface area contributed by atoms with Crippen LogP contribution in [0.3, 0.4) is 0 Å². The van der Waals surface area contributed by atoms with Crippen LogP contribution in [0.15, 0.2) is 12.2 Å². The minimum absolute atomic E-state index is 0.257. The Kier molecular flexibility index (Phi) is 14.5. The molecule has 0 amide bonds. The van der Waals surface area contributed by atoms with E-state index in [1.807, 2.05) is 6.08 Å². The van der Waals surface area contributed by atoms with Crippen molar-refractivity contribution in [3.63, 3.8) is 0 Å². The Labute approximate surface area is 129 Å². The number of unbranched alkanes of at least 4 members (excludes halogenated alkanes) is 9. The van der Waals surface area contributed by atoms with E-state index < -0.39 is 5.97 Å². The molecule has 0 saturated heterocycles. The smallest absolute Gasteiger partial charge is 0.303 e. The SMILES string of the molecule is CCCCCC=CC(=O)CCCCCCCCCC(=O)O. The highest BCUT2D eigenvalue weighted by atomic mass is 16.4. The molecule has 0 aromatic carbocycles. The summed E-state index contributed by atoms with van der Waals surface area (Å²) in [6, 6.07) is 0. The van der Waals surface area contributed by atoms with Gasteiger partial charge in [0.15, 0.2) is 5.78 Å². The third-order valence-corrected chi connectivity index (χ3v) is 3.59. The maximum absolute atomic E-state index is 11.6. The lowest BCUT2D eigenvalue weighted by atomic mass is 10.1. The molecule has 122 valence electrons. The molecular weight excluding hydrogens is 264 g/mol. The Bertz CT molecular complexity index is 295. The van der Waals surface area contributed by atoms with Gasteiger partial charge in [-0.1, -0.05) is 57.9 Å². The predicted molar refractivity (Wildman–Crippen MR) is 87.5 cm³/mol. The van der Waals surface area contributed by atoms with Gasteiger partial charge in [-0.3, -0.25) is 9.59 Å².